The Morgan fingerprint density at radius 3 is 2.85 bits per heavy atom. The lowest BCUT2D eigenvalue weighted by molar-refractivity contribution is -0.0476. The van der Waals surface area contributed by atoms with Gasteiger partial charge in [0, 0.05) is 28.5 Å². The molecular formula is C20H21ClN2O3. The molecule has 0 radical (unpaired) electrons. The number of hydrogen-bond donors (Lipinski definition) is 1. The number of para-hydroxylation sites is 1. The van der Waals surface area contributed by atoms with Crippen LogP contribution >= 0.6 is 11.6 Å². The minimum Gasteiger partial charge on any atom is -0.507 e. The molecule has 2 atom stereocenters. The van der Waals surface area contributed by atoms with E-state index in [4.69, 9.17) is 26.2 Å². The van der Waals surface area contributed by atoms with Crippen LogP contribution in [-0.2, 0) is 0 Å². The first kappa shape index (κ1) is 17.0. The fourth-order valence-corrected chi connectivity index (χ4v) is 3.79. The third kappa shape index (κ3) is 2.67. The van der Waals surface area contributed by atoms with Gasteiger partial charge in [-0.15, -0.1) is 0 Å². The first-order valence-electron chi connectivity index (χ1n) is 8.68. The molecule has 2 aliphatic rings. The molecule has 26 heavy (non-hydrogen) atoms. The second-order valence-electron chi connectivity index (χ2n) is 6.94. The first-order valence-corrected chi connectivity index (χ1v) is 9.05. The van der Waals surface area contributed by atoms with Crippen LogP contribution in [0, 0.1) is 5.92 Å². The lowest BCUT2D eigenvalue weighted by Gasteiger charge is -2.40. The van der Waals surface area contributed by atoms with Gasteiger partial charge in [0.2, 0.25) is 0 Å². The van der Waals surface area contributed by atoms with Crippen molar-refractivity contribution in [3.8, 4) is 17.2 Å². The summed E-state index contributed by atoms with van der Waals surface area (Å²) < 4.78 is 11.8. The van der Waals surface area contributed by atoms with Gasteiger partial charge >= 0.3 is 0 Å². The van der Waals surface area contributed by atoms with E-state index in [1.54, 1.807) is 25.3 Å². The Bertz CT molecular complexity index is 881. The second-order valence-corrected chi connectivity index (χ2v) is 7.38. The summed E-state index contributed by atoms with van der Waals surface area (Å²) in [6.07, 6.45) is 0.461. The molecule has 0 bridgehead atoms. The van der Waals surface area contributed by atoms with Crippen LogP contribution < -0.4 is 9.47 Å². The number of methoxy groups -OCH3 is 1. The fraction of sp³-hybridized carbons (Fsp3) is 0.350. The molecule has 5 nitrogen and oxygen atoms in total. The SMILES string of the molecule is COc1cccc2c1O[C@H](C(C)C)N1N=C(c3cc(Cl)ccc3O)C[C@H]21. The van der Waals surface area contributed by atoms with Crippen LogP contribution in [0.5, 0.6) is 17.2 Å². The van der Waals surface area contributed by atoms with Gasteiger partial charge in [-0.2, -0.15) is 5.10 Å². The highest BCUT2D eigenvalue weighted by molar-refractivity contribution is 6.31. The maximum atomic E-state index is 10.3. The minimum atomic E-state index is -0.206. The number of hydrazone groups is 1. The molecule has 6 heteroatoms. The lowest BCUT2D eigenvalue weighted by Crippen LogP contribution is -2.43. The zero-order valence-electron chi connectivity index (χ0n) is 14.9. The maximum absolute atomic E-state index is 10.3. The van der Waals surface area contributed by atoms with E-state index in [1.165, 1.54) is 0 Å². The number of halogens is 1. The third-order valence-electron chi connectivity index (χ3n) is 4.87. The van der Waals surface area contributed by atoms with Crippen LogP contribution in [0.25, 0.3) is 0 Å². The van der Waals surface area contributed by atoms with E-state index >= 15 is 0 Å². The van der Waals surface area contributed by atoms with Crippen molar-refractivity contribution in [1.29, 1.82) is 0 Å². The number of aromatic hydroxyl groups is 1. The van der Waals surface area contributed by atoms with Gasteiger partial charge < -0.3 is 14.6 Å². The summed E-state index contributed by atoms with van der Waals surface area (Å²) in [6, 6.07) is 11.0. The molecule has 2 aromatic carbocycles. The lowest BCUT2D eigenvalue weighted by atomic mass is 9.95. The Morgan fingerprint density at radius 2 is 2.12 bits per heavy atom. The summed E-state index contributed by atoms with van der Waals surface area (Å²) in [6.45, 7) is 4.21. The van der Waals surface area contributed by atoms with Gasteiger partial charge in [0.25, 0.3) is 0 Å². The van der Waals surface area contributed by atoms with Gasteiger partial charge in [0.1, 0.15) is 5.75 Å². The van der Waals surface area contributed by atoms with Crippen molar-refractivity contribution >= 4 is 17.3 Å². The smallest absolute Gasteiger partial charge is 0.190 e. The molecule has 0 aromatic heterocycles. The van der Waals surface area contributed by atoms with Crippen LogP contribution in [0.3, 0.4) is 0 Å². The molecule has 4 rings (SSSR count). The number of phenols is 1. The molecular weight excluding hydrogens is 352 g/mol. The summed E-state index contributed by atoms with van der Waals surface area (Å²) in [5, 5.41) is 17.7. The van der Waals surface area contributed by atoms with E-state index in [0.717, 1.165) is 22.8 Å². The molecule has 0 aliphatic carbocycles. The number of hydrogen-bond acceptors (Lipinski definition) is 5. The van der Waals surface area contributed by atoms with E-state index < -0.39 is 0 Å². The minimum absolute atomic E-state index is 0.0367. The van der Waals surface area contributed by atoms with E-state index in [1.807, 2.05) is 23.2 Å². The molecule has 0 spiro atoms. The summed E-state index contributed by atoms with van der Waals surface area (Å²) in [5.74, 6) is 1.92. The standard InChI is InChI=1S/C20H21ClN2O3/c1-11(2)20-23-16(13-5-4-6-18(25-3)19(13)26-20)10-15(22-23)14-9-12(21)7-8-17(14)24/h4-9,11,16,20,24H,10H2,1-3H3/t16-,20-/m1/s1. The summed E-state index contributed by atoms with van der Waals surface area (Å²) >= 11 is 6.13. The van der Waals surface area contributed by atoms with Crippen LogP contribution in [0.15, 0.2) is 41.5 Å². The summed E-state index contributed by atoms with van der Waals surface area (Å²) in [7, 11) is 1.65. The molecule has 0 fully saturated rings. The molecule has 2 heterocycles. The van der Waals surface area contributed by atoms with Gasteiger partial charge in [-0.1, -0.05) is 37.6 Å². The number of rotatable bonds is 3. The molecule has 1 N–H and O–H groups in total. The fourth-order valence-electron chi connectivity index (χ4n) is 3.61. The van der Waals surface area contributed by atoms with Crippen LogP contribution in [0.4, 0.5) is 0 Å². The van der Waals surface area contributed by atoms with E-state index in [0.29, 0.717) is 17.0 Å². The number of benzene rings is 2. The average molecular weight is 373 g/mol. The van der Waals surface area contributed by atoms with Crippen molar-refractivity contribution in [3.05, 3.63) is 52.5 Å². The largest absolute Gasteiger partial charge is 0.507 e. The van der Waals surface area contributed by atoms with Gasteiger partial charge in [-0.3, -0.25) is 0 Å². The Balaban J connectivity index is 1.80. The normalized spacial score (nSPS) is 21.1. The quantitative estimate of drug-likeness (QED) is 0.856. The topological polar surface area (TPSA) is 54.3 Å². The van der Waals surface area contributed by atoms with Crippen LogP contribution in [-0.4, -0.2) is 29.2 Å². The molecule has 2 aromatic rings. The van der Waals surface area contributed by atoms with E-state index in [9.17, 15) is 5.11 Å². The highest BCUT2D eigenvalue weighted by atomic mass is 35.5. The Labute approximate surface area is 157 Å². The van der Waals surface area contributed by atoms with Crippen LogP contribution in [0.2, 0.25) is 5.02 Å². The molecule has 2 aliphatic heterocycles. The number of ether oxygens (including phenoxy) is 2. The summed E-state index contributed by atoms with van der Waals surface area (Å²) in [4.78, 5) is 0. The Morgan fingerprint density at radius 1 is 1.31 bits per heavy atom. The predicted molar refractivity (Wildman–Crippen MR) is 101 cm³/mol. The Hall–Kier alpha value is -2.40. The van der Waals surface area contributed by atoms with Crippen molar-refractivity contribution in [2.45, 2.75) is 32.5 Å². The highest BCUT2D eigenvalue weighted by Crippen LogP contribution is 2.48. The number of nitrogens with zero attached hydrogens (tertiary/aromatic N) is 2. The van der Waals surface area contributed by atoms with Crippen molar-refractivity contribution in [1.82, 2.24) is 5.01 Å². The van der Waals surface area contributed by atoms with Gasteiger partial charge in [-0.05, 0) is 24.3 Å². The zero-order chi connectivity index (χ0) is 18.4. The van der Waals surface area contributed by atoms with Crippen molar-refractivity contribution < 1.29 is 14.6 Å². The molecule has 0 saturated carbocycles. The maximum Gasteiger partial charge on any atom is 0.190 e. The van der Waals surface area contributed by atoms with Crippen molar-refractivity contribution in [2.24, 2.45) is 11.0 Å². The van der Waals surface area contributed by atoms with Gasteiger partial charge in [0.05, 0.1) is 18.9 Å². The second kappa shape index (κ2) is 6.40. The van der Waals surface area contributed by atoms with E-state index in [-0.39, 0.29) is 23.9 Å². The molecule has 0 unspecified atom stereocenters. The Kier molecular flexibility index (Phi) is 4.19. The van der Waals surface area contributed by atoms with Gasteiger partial charge in [-0.25, -0.2) is 5.01 Å². The zero-order valence-corrected chi connectivity index (χ0v) is 15.7. The van der Waals surface area contributed by atoms with Crippen molar-refractivity contribution in [3.63, 3.8) is 0 Å². The van der Waals surface area contributed by atoms with Crippen molar-refractivity contribution in [2.75, 3.05) is 7.11 Å². The number of phenolic OH excluding ortho intramolecular Hbond substituents is 1. The van der Waals surface area contributed by atoms with Crippen LogP contribution in [0.1, 0.15) is 37.4 Å². The molecule has 0 saturated heterocycles. The molecule has 136 valence electrons. The monoisotopic (exact) mass is 372 g/mol. The van der Waals surface area contributed by atoms with Gasteiger partial charge in [0.15, 0.2) is 17.7 Å². The predicted octanol–water partition coefficient (Wildman–Crippen LogP) is 4.58. The van der Waals surface area contributed by atoms with E-state index in [2.05, 4.69) is 13.8 Å². The summed E-state index contributed by atoms with van der Waals surface area (Å²) in [5.41, 5.74) is 2.51. The molecule has 0 amide bonds. The first-order chi connectivity index (χ1) is 12.5. The average Bonchev–Trinajstić information content (AvgIpc) is 3.07. The third-order valence-corrected chi connectivity index (χ3v) is 5.10. The number of fused-ring (bicyclic) bond motifs is 3. The highest BCUT2D eigenvalue weighted by Gasteiger charge is 2.42.